The molecule has 1 amide bonds. The molecule has 0 fully saturated rings. The van der Waals surface area contributed by atoms with Gasteiger partial charge in [-0.1, -0.05) is 30.0 Å². The number of amides is 1. The topological polar surface area (TPSA) is 86.3 Å². The number of ether oxygens (including phenoxy) is 1. The highest BCUT2D eigenvalue weighted by atomic mass is 32.2. The Morgan fingerprint density at radius 2 is 1.96 bits per heavy atom. The summed E-state index contributed by atoms with van der Waals surface area (Å²) in [4.78, 5) is 14.6. The number of aryl methyl sites for hydroxylation is 1. The molecule has 2 aromatic carbocycles. The van der Waals surface area contributed by atoms with Crippen LogP contribution in [0.3, 0.4) is 0 Å². The van der Waals surface area contributed by atoms with Gasteiger partial charge in [0.1, 0.15) is 5.75 Å². The van der Waals surface area contributed by atoms with E-state index in [1.807, 2.05) is 47.4 Å². The van der Waals surface area contributed by atoms with Gasteiger partial charge in [0, 0.05) is 17.8 Å². The third kappa shape index (κ3) is 3.55. The fraction of sp³-hybridized carbons (Fsp3) is 0.250. The van der Waals surface area contributed by atoms with Crippen LogP contribution in [0, 0.1) is 0 Å². The minimum absolute atomic E-state index is 0.0474. The normalized spacial score (nSPS) is 13.2. The average Bonchev–Trinajstić information content (AvgIpc) is 3.12. The van der Waals surface area contributed by atoms with Gasteiger partial charge in [0.2, 0.25) is 11.1 Å². The van der Waals surface area contributed by atoms with Crippen molar-refractivity contribution >= 4 is 23.4 Å². The molecule has 0 atom stereocenters. The van der Waals surface area contributed by atoms with Crippen LogP contribution in [0.25, 0.3) is 11.4 Å². The van der Waals surface area contributed by atoms with Gasteiger partial charge in [0.05, 0.1) is 12.9 Å². The van der Waals surface area contributed by atoms with Gasteiger partial charge in [0.25, 0.3) is 0 Å². The number of fused-ring (bicyclic) bond motifs is 1. The van der Waals surface area contributed by atoms with E-state index in [0.717, 1.165) is 36.4 Å². The zero-order valence-corrected chi connectivity index (χ0v) is 16.4. The number of anilines is 1. The minimum atomic E-state index is 0.0474. The molecule has 3 aromatic rings. The molecule has 1 aliphatic rings. The number of nitrogen functional groups attached to an aromatic ring is 1. The number of nitrogens with zero attached hydrogens (tertiary/aromatic N) is 4. The third-order valence-electron chi connectivity index (χ3n) is 4.75. The molecule has 8 heteroatoms. The van der Waals surface area contributed by atoms with Gasteiger partial charge in [0.15, 0.2) is 5.82 Å². The molecule has 1 aliphatic heterocycles. The molecule has 2 N–H and O–H groups in total. The summed E-state index contributed by atoms with van der Waals surface area (Å²) in [5, 5.41) is 8.82. The minimum Gasteiger partial charge on any atom is -0.497 e. The first kappa shape index (κ1) is 18.4. The Kier molecular flexibility index (Phi) is 5.21. The maximum atomic E-state index is 12.8. The van der Waals surface area contributed by atoms with Crippen LogP contribution in [-0.2, 0) is 11.2 Å². The van der Waals surface area contributed by atoms with Crippen molar-refractivity contribution in [1.29, 1.82) is 0 Å². The molecule has 0 radical (unpaired) electrons. The summed E-state index contributed by atoms with van der Waals surface area (Å²) in [5.74, 6) is 7.77. The summed E-state index contributed by atoms with van der Waals surface area (Å²) >= 11 is 1.30. The van der Waals surface area contributed by atoms with Gasteiger partial charge in [-0.3, -0.25) is 4.79 Å². The number of carbonyl (C=O) groups is 1. The van der Waals surface area contributed by atoms with Crippen molar-refractivity contribution in [2.45, 2.75) is 18.0 Å². The molecule has 28 heavy (non-hydrogen) atoms. The Bertz CT molecular complexity index is 987. The van der Waals surface area contributed by atoms with Crippen molar-refractivity contribution in [2.75, 3.05) is 30.1 Å². The van der Waals surface area contributed by atoms with E-state index >= 15 is 0 Å². The summed E-state index contributed by atoms with van der Waals surface area (Å²) in [7, 11) is 1.62. The third-order valence-corrected chi connectivity index (χ3v) is 5.68. The van der Waals surface area contributed by atoms with E-state index in [1.165, 1.54) is 22.0 Å². The molecule has 0 unspecified atom stereocenters. The highest BCUT2D eigenvalue weighted by Crippen LogP contribution is 2.28. The van der Waals surface area contributed by atoms with E-state index in [4.69, 9.17) is 10.6 Å². The van der Waals surface area contributed by atoms with E-state index in [1.54, 1.807) is 7.11 Å². The van der Waals surface area contributed by atoms with E-state index in [-0.39, 0.29) is 11.7 Å². The molecule has 0 aliphatic carbocycles. The first-order valence-corrected chi connectivity index (χ1v) is 10.0. The standard InChI is InChI=1S/C20H21N5O2S/c1-27-16-10-8-15(9-11-16)19-22-23-20(25(19)21)28-13-18(26)24-12-4-6-14-5-2-3-7-17(14)24/h2-3,5,7-11H,4,6,12-13,21H2,1H3. The lowest BCUT2D eigenvalue weighted by atomic mass is 10.0. The summed E-state index contributed by atoms with van der Waals surface area (Å²) < 4.78 is 6.59. The molecule has 0 saturated carbocycles. The number of thioether (sulfide) groups is 1. The molecule has 0 spiro atoms. The molecule has 1 aromatic heterocycles. The maximum absolute atomic E-state index is 12.8. The van der Waals surface area contributed by atoms with E-state index in [0.29, 0.717) is 11.0 Å². The largest absolute Gasteiger partial charge is 0.497 e. The Morgan fingerprint density at radius 1 is 1.18 bits per heavy atom. The average molecular weight is 395 g/mol. The molecule has 0 bridgehead atoms. The van der Waals surface area contributed by atoms with Crippen LogP contribution in [0.4, 0.5) is 5.69 Å². The van der Waals surface area contributed by atoms with E-state index in [9.17, 15) is 4.79 Å². The zero-order chi connectivity index (χ0) is 19.5. The number of benzene rings is 2. The van der Waals surface area contributed by atoms with Crippen LogP contribution in [0.15, 0.2) is 53.7 Å². The highest BCUT2D eigenvalue weighted by Gasteiger charge is 2.23. The van der Waals surface area contributed by atoms with Crippen molar-refractivity contribution in [2.24, 2.45) is 0 Å². The lowest BCUT2D eigenvalue weighted by Gasteiger charge is -2.29. The quantitative estimate of drug-likeness (QED) is 0.528. The number of rotatable bonds is 5. The smallest absolute Gasteiger partial charge is 0.237 e. The lowest BCUT2D eigenvalue weighted by Crippen LogP contribution is -2.36. The van der Waals surface area contributed by atoms with Crippen LogP contribution in [0.2, 0.25) is 0 Å². The second kappa shape index (κ2) is 7.93. The molecule has 0 saturated heterocycles. The second-order valence-corrected chi connectivity index (χ2v) is 7.41. The molecular formula is C20H21N5O2S. The molecule has 7 nitrogen and oxygen atoms in total. The van der Waals surface area contributed by atoms with Gasteiger partial charge >= 0.3 is 0 Å². The highest BCUT2D eigenvalue weighted by molar-refractivity contribution is 7.99. The van der Waals surface area contributed by atoms with Crippen molar-refractivity contribution in [1.82, 2.24) is 14.9 Å². The number of methoxy groups -OCH3 is 1. The molecule has 2 heterocycles. The Morgan fingerprint density at radius 3 is 2.75 bits per heavy atom. The van der Waals surface area contributed by atoms with Crippen LogP contribution in [-0.4, -0.2) is 40.2 Å². The fourth-order valence-corrected chi connectivity index (χ4v) is 4.04. The fourth-order valence-electron chi connectivity index (χ4n) is 3.31. The Labute approximate surface area is 167 Å². The second-order valence-electron chi connectivity index (χ2n) is 6.47. The van der Waals surface area contributed by atoms with E-state index in [2.05, 4.69) is 16.3 Å². The number of nitrogens with two attached hydrogens (primary N) is 1. The SMILES string of the molecule is COc1ccc(-c2nnc(SCC(=O)N3CCCc4ccccc43)n2N)cc1. The van der Waals surface area contributed by atoms with Crippen LogP contribution < -0.4 is 15.5 Å². The van der Waals surface area contributed by atoms with Gasteiger partial charge in [-0.2, -0.15) is 0 Å². The van der Waals surface area contributed by atoms with Crippen LogP contribution in [0.1, 0.15) is 12.0 Å². The predicted octanol–water partition coefficient (Wildman–Crippen LogP) is 2.74. The molecular weight excluding hydrogens is 374 g/mol. The number of aromatic nitrogens is 3. The van der Waals surface area contributed by atoms with Crippen LogP contribution >= 0.6 is 11.8 Å². The number of hydrogen-bond donors (Lipinski definition) is 1. The van der Waals surface area contributed by atoms with Crippen molar-refractivity contribution < 1.29 is 9.53 Å². The van der Waals surface area contributed by atoms with Gasteiger partial charge < -0.3 is 15.5 Å². The van der Waals surface area contributed by atoms with Gasteiger partial charge in [-0.05, 0) is 48.7 Å². The van der Waals surface area contributed by atoms with E-state index < -0.39 is 0 Å². The number of hydrogen-bond acceptors (Lipinski definition) is 6. The van der Waals surface area contributed by atoms with Crippen molar-refractivity contribution in [3.63, 3.8) is 0 Å². The van der Waals surface area contributed by atoms with Crippen molar-refractivity contribution in [3.8, 4) is 17.1 Å². The van der Waals surface area contributed by atoms with Crippen LogP contribution in [0.5, 0.6) is 5.75 Å². The first-order valence-electron chi connectivity index (χ1n) is 9.03. The number of carbonyl (C=O) groups excluding carboxylic acids is 1. The predicted molar refractivity (Wildman–Crippen MR) is 110 cm³/mol. The first-order chi connectivity index (χ1) is 13.7. The molecule has 4 rings (SSSR count). The van der Waals surface area contributed by atoms with Gasteiger partial charge in [-0.15, -0.1) is 10.2 Å². The number of para-hydroxylation sites is 1. The lowest BCUT2D eigenvalue weighted by molar-refractivity contribution is -0.116. The van der Waals surface area contributed by atoms with Gasteiger partial charge in [-0.25, -0.2) is 4.68 Å². The summed E-state index contributed by atoms with van der Waals surface area (Å²) in [6.07, 6.45) is 1.98. The Hall–Kier alpha value is -3.00. The summed E-state index contributed by atoms with van der Waals surface area (Å²) in [5.41, 5.74) is 3.06. The Balaban J connectivity index is 1.46. The summed E-state index contributed by atoms with van der Waals surface area (Å²) in [6, 6.07) is 15.5. The molecule has 144 valence electrons. The zero-order valence-electron chi connectivity index (χ0n) is 15.5. The summed E-state index contributed by atoms with van der Waals surface area (Å²) in [6.45, 7) is 0.739. The monoisotopic (exact) mass is 395 g/mol. The maximum Gasteiger partial charge on any atom is 0.237 e. The van der Waals surface area contributed by atoms with Crippen molar-refractivity contribution in [3.05, 3.63) is 54.1 Å².